The van der Waals surface area contributed by atoms with Crippen LogP contribution in [0.3, 0.4) is 0 Å². The third kappa shape index (κ3) is 6.16. The lowest BCUT2D eigenvalue weighted by atomic mass is 10.0. The third-order valence-electron chi connectivity index (χ3n) is 4.63. The molecular weight excluding hydrogens is 431 g/mol. The molecule has 2 aromatic carbocycles. The molecule has 172 valence electrons. The first-order valence-corrected chi connectivity index (χ1v) is 9.97. The van der Waals surface area contributed by atoms with Crippen molar-refractivity contribution in [2.75, 3.05) is 0 Å². The molecule has 0 saturated heterocycles. The molecule has 9 nitrogen and oxygen atoms in total. The molecule has 3 rings (SSSR count). The summed E-state index contributed by atoms with van der Waals surface area (Å²) in [4.78, 5) is 32.6. The first kappa shape index (κ1) is 23.5. The lowest BCUT2D eigenvalue weighted by Gasteiger charge is -2.25. The average molecular weight is 454 g/mol. The van der Waals surface area contributed by atoms with Crippen LogP contribution in [-0.2, 0) is 23.4 Å². The van der Waals surface area contributed by atoms with Crippen LogP contribution in [0.1, 0.15) is 41.3 Å². The van der Waals surface area contributed by atoms with E-state index in [2.05, 4.69) is 20.6 Å². The minimum atomic E-state index is -1.26. The van der Waals surface area contributed by atoms with Gasteiger partial charge in [-0.1, -0.05) is 42.5 Å². The van der Waals surface area contributed by atoms with Gasteiger partial charge in [-0.3, -0.25) is 4.79 Å². The highest BCUT2D eigenvalue weighted by Gasteiger charge is 2.31. The first-order valence-electron chi connectivity index (χ1n) is 9.97. The summed E-state index contributed by atoms with van der Waals surface area (Å²) in [7, 11) is 0. The van der Waals surface area contributed by atoms with E-state index in [-0.39, 0.29) is 19.0 Å². The van der Waals surface area contributed by atoms with Gasteiger partial charge in [0.05, 0.1) is 5.54 Å². The van der Waals surface area contributed by atoms with Crippen molar-refractivity contribution >= 4 is 12.0 Å². The molecule has 0 unspecified atom stereocenters. The van der Waals surface area contributed by atoms with Crippen molar-refractivity contribution in [1.29, 1.82) is 0 Å². The molecule has 1 heterocycles. The monoisotopic (exact) mass is 454 g/mol. The highest BCUT2D eigenvalue weighted by molar-refractivity contribution is 5.95. The second-order valence-electron chi connectivity index (χ2n) is 7.69. The summed E-state index contributed by atoms with van der Waals surface area (Å²) in [5, 5.41) is 25.2. The molecule has 10 heteroatoms. The van der Waals surface area contributed by atoms with Gasteiger partial charge in [0.1, 0.15) is 12.4 Å². The molecule has 0 saturated carbocycles. The van der Waals surface area contributed by atoms with E-state index in [1.54, 1.807) is 26.0 Å². The number of alkyl carbamates (subject to hydrolysis) is 1. The highest BCUT2D eigenvalue weighted by Crippen LogP contribution is 2.29. The Bertz CT molecular complexity index is 1140. The normalized spacial score (nSPS) is 11.0. The molecule has 1 aromatic heterocycles. The van der Waals surface area contributed by atoms with Crippen LogP contribution in [0.4, 0.5) is 9.18 Å². The van der Waals surface area contributed by atoms with Crippen LogP contribution in [0.15, 0.2) is 54.6 Å². The molecule has 0 atom stereocenters. The fourth-order valence-corrected chi connectivity index (χ4v) is 2.82. The molecule has 3 aromatic rings. The average Bonchev–Trinajstić information content (AvgIpc) is 2.79. The number of carbonyl (C=O) groups excluding carboxylic acids is 2. The minimum Gasteiger partial charge on any atom is -0.501 e. The molecule has 0 spiro atoms. The quantitative estimate of drug-likeness (QED) is 0.431. The Morgan fingerprint density at radius 3 is 2.33 bits per heavy atom. The first-order chi connectivity index (χ1) is 15.7. The summed E-state index contributed by atoms with van der Waals surface area (Å²) in [5.74, 6) is -2.96. The second-order valence-corrected chi connectivity index (χ2v) is 7.69. The van der Waals surface area contributed by atoms with Gasteiger partial charge in [0.15, 0.2) is 11.5 Å². The third-order valence-corrected chi connectivity index (χ3v) is 4.63. The number of nitrogens with zero attached hydrogens (tertiary/aromatic N) is 2. The number of benzene rings is 2. The Morgan fingerprint density at radius 1 is 1.00 bits per heavy atom. The Kier molecular flexibility index (Phi) is 7.07. The van der Waals surface area contributed by atoms with Gasteiger partial charge in [0.25, 0.3) is 11.8 Å². The Balaban J connectivity index is 1.70. The number of ether oxygens (including phenoxy) is 1. The molecule has 0 aliphatic carbocycles. The van der Waals surface area contributed by atoms with Crippen LogP contribution in [0, 0.1) is 5.82 Å². The summed E-state index contributed by atoms with van der Waals surface area (Å²) in [6.45, 7) is 3.17. The molecule has 0 fully saturated rings. The maximum absolute atomic E-state index is 13.0. The molecule has 0 aliphatic rings. The van der Waals surface area contributed by atoms with E-state index in [1.807, 2.05) is 18.2 Å². The largest absolute Gasteiger partial charge is 0.501 e. The summed E-state index contributed by atoms with van der Waals surface area (Å²) in [6, 6.07) is 14.6. The number of aromatic nitrogens is 2. The van der Waals surface area contributed by atoms with Gasteiger partial charge in [-0.05, 0) is 37.1 Å². The van der Waals surface area contributed by atoms with Crippen molar-refractivity contribution in [2.45, 2.75) is 32.5 Å². The summed E-state index contributed by atoms with van der Waals surface area (Å²) in [6.07, 6.45) is -0.762. The maximum atomic E-state index is 13.0. The zero-order valence-electron chi connectivity index (χ0n) is 18.0. The van der Waals surface area contributed by atoms with Crippen molar-refractivity contribution in [3.05, 3.63) is 83.1 Å². The molecule has 0 bridgehead atoms. The number of amides is 2. The maximum Gasteiger partial charge on any atom is 0.408 e. The van der Waals surface area contributed by atoms with Gasteiger partial charge in [0, 0.05) is 6.54 Å². The predicted molar refractivity (Wildman–Crippen MR) is 116 cm³/mol. The number of halogens is 1. The van der Waals surface area contributed by atoms with E-state index >= 15 is 0 Å². The predicted octanol–water partition coefficient (Wildman–Crippen LogP) is 3.12. The standard InChI is InChI=1S/C23H23FN4O5/c1-23(2,28-22(32)33-13-15-6-4-3-5-7-15)21-26-17(18(29)20(31)27-21)19(30)25-12-14-8-10-16(24)11-9-14/h3-11,29H,12-13H2,1-2H3,(H,25,30)(H,28,32)(H,26,27,31). The molecule has 33 heavy (non-hydrogen) atoms. The van der Waals surface area contributed by atoms with Crippen molar-refractivity contribution in [2.24, 2.45) is 0 Å². The van der Waals surface area contributed by atoms with Gasteiger partial charge in [-0.25, -0.2) is 14.2 Å². The summed E-state index contributed by atoms with van der Waals surface area (Å²) in [5.41, 5.74) is -0.326. The lowest BCUT2D eigenvalue weighted by Crippen LogP contribution is -2.43. The van der Waals surface area contributed by atoms with Crippen LogP contribution < -0.4 is 10.6 Å². The topological polar surface area (TPSA) is 134 Å². The van der Waals surface area contributed by atoms with Gasteiger partial charge >= 0.3 is 6.09 Å². The number of nitrogens with one attached hydrogen (secondary N) is 2. The lowest BCUT2D eigenvalue weighted by molar-refractivity contribution is 0.0941. The van der Waals surface area contributed by atoms with E-state index < -0.39 is 40.7 Å². The van der Waals surface area contributed by atoms with Gasteiger partial charge < -0.3 is 25.6 Å². The van der Waals surface area contributed by atoms with Crippen molar-refractivity contribution in [1.82, 2.24) is 20.6 Å². The van der Waals surface area contributed by atoms with Crippen LogP contribution in [0.5, 0.6) is 11.6 Å². The molecule has 0 aliphatic heterocycles. The van der Waals surface area contributed by atoms with Crippen LogP contribution in [0.2, 0.25) is 0 Å². The molecule has 0 radical (unpaired) electrons. The minimum absolute atomic E-state index is 0.0338. The van der Waals surface area contributed by atoms with E-state index in [9.17, 15) is 24.2 Å². The van der Waals surface area contributed by atoms with E-state index in [1.165, 1.54) is 24.3 Å². The van der Waals surface area contributed by atoms with E-state index in [0.29, 0.717) is 5.56 Å². The van der Waals surface area contributed by atoms with Crippen LogP contribution in [0.25, 0.3) is 0 Å². The summed E-state index contributed by atoms with van der Waals surface area (Å²) < 4.78 is 18.2. The van der Waals surface area contributed by atoms with Crippen molar-refractivity contribution in [3.63, 3.8) is 0 Å². The fourth-order valence-electron chi connectivity index (χ4n) is 2.82. The molecule has 4 N–H and O–H groups in total. The van der Waals surface area contributed by atoms with Crippen LogP contribution in [-0.4, -0.2) is 32.2 Å². The number of hydrogen-bond acceptors (Lipinski definition) is 7. The smallest absolute Gasteiger partial charge is 0.408 e. The van der Waals surface area contributed by atoms with Gasteiger partial charge in [-0.15, -0.1) is 0 Å². The number of hydrogen-bond donors (Lipinski definition) is 4. The zero-order valence-corrected chi connectivity index (χ0v) is 18.0. The van der Waals surface area contributed by atoms with E-state index in [4.69, 9.17) is 4.74 Å². The molecule has 2 amide bonds. The van der Waals surface area contributed by atoms with Crippen LogP contribution >= 0.6 is 0 Å². The van der Waals surface area contributed by atoms with Gasteiger partial charge in [-0.2, -0.15) is 4.98 Å². The number of aromatic hydroxyl groups is 2. The van der Waals surface area contributed by atoms with Gasteiger partial charge in [0.2, 0.25) is 5.75 Å². The Hall–Kier alpha value is -4.21. The highest BCUT2D eigenvalue weighted by atomic mass is 19.1. The second kappa shape index (κ2) is 9.94. The van der Waals surface area contributed by atoms with E-state index in [0.717, 1.165) is 5.56 Å². The van der Waals surface area contributed by atoms with Crippen molar-refractivity contribution in [3.8, 4) is 11.6 Å². The summed E-state index contributed by atoms with van der Waals surface area (Å²) >= 11 is 0. The Labute approximate surface area is 189 Å². The molecular formula is C23H23FN4O5. The zero-order chi connectivity index (χ0) is 24.0. The Morgan fingerprint density at radius 2 is 1.67 bits per heavy atom. The number of carbonyl (C=O) groups is 2. The number of rotatable bonds is 7. The fraction of sp³-hybridized carbons (Fsp3) is 0.217. The SMILES string of the molecule is CC(C)(NC(=O)OCc1ccccc1)c1nc(O)c(O)c(C(=O)NCc2ccc(F)cc2)n1. The van der Waals surface area contributed by atoms with Crippen molar-refractivity contribution < 1.29 is 28.9 Å².